The Morgan fingerprint density at radius 1 is 1.23 bits per heavy atom. The zero-order valence-corrected chi connectivity index (χ0v) is 15.8. The van der Waals surface area contributed by atoms with Gasteiger partial charge in [-0.3, -0.25) is 4.21 Å². The van der Waals surface area contributed by atoms with E-state index in [2.05, 4.69) is 16.0 Å². The van der Waals surface area contributed by atoms with Crippen LogP contribution in [0.3, 0.4) is 0 Å². The molecule has 2 aromatic carbocycles. The van der Waals surface area contributed by atoms with Gasteiger partial charge >= 0.3 is 5.97 Å². The number of fused-ring (bicyclic) bond motifs is 2. The van der Waals surface area contributed by atoms with Crippen LogP contribution in [0, 0.1) is 0 Å². The lowest BCUT2D eigenvalue weighted by Crippen LogP contribution is -2.01. The van der Waals surface area contributed by atoms with E-state index < -0.39 is 10.8 Å². The number of hydrogen-bond donors (Lipinski definition) is 0. The molecular weight excluding hydrogens is 370 g/mol. The van der Waals surface area contributed by atoms with Crippen molar-refractivity contribution in [3.63, 3.8) is 0 Å². The van der Waals surface area contributed by atoms with Gasteiger partial charge in [0.2, 0.25) is 0 Å². The Bertz CT molecular complexity index is 1160. The Labute approximate surface area is 155 Å². The molecule has 132 valence electrons. The number of hydrogen-bond acceptors (Lipinski definition) is 6. The van der Waals surface area contributed by atoms with Crippen LogP contribution in [-0.2, 0) is 22.1 Å². The van der Waals surface area contributed by atoms with Crippen molar-refractivity contribution in [2.45, 2.75) is 10.9 Å². The van der Waals surface area contributed by atoms with Crippen LogP contribution in [0.15, 0.2) is 47.1 Å². The largest absolute Gasteiger partial charge is 0.465 e. The highest BCUT2D eigenvalue weighted by Gasteiger charge is 2.11. The van der Waals surface area contributed by atoms with E-state index in [4.69, 9.17) is 4.74 Å². The maximum atomic E-state index is 11.6. The molecule has 0 N–H and O–H groups in total. The van der Waals surface area contributed by atoms with Gasteiger partial charge in [0.05, 0.1) is 51.1 Å². The first kappa shape index (κ1) is 16.9. The van der Waals surface area contributed by atoms with Crippen molar-refractivity contribution in [1.29, 1.82) is 0 Å². The molecule has 0 aliphatic rings. The molecule has 0 spiro atoms. The highest BCUT2D eigenvalue weighted by Crippen LogP contribution is 2.26. The standard InChI is InChI=1S/C18H15N3O3S2/c1-24-17(22)12-4-6-15-14(8-12)19-10-21(15)9-11-3-5-13-16(7-11)25-18(20-13)26(2)23/h3-8,10H,9H2,1-2H3. The van der Waals surface area contributed by atoms with Gasteiger partial charge in [-0.25, -0.2) is 14.8 Å². The summed E-state index contributed by atoms with van der Waals surface area (Å²) in [6, 6.07) is 11.4. The molecule has 26 heavy (non-hydrogen) atoms. The summed E-state index contributed by atoms with van der Waals surface area (Å²) in [5, 5.41) is 0. The number of esters is 1. The lowest BCUT2D eigenvalue weighted by Gasteiger charge is -2.05. The zero-order valence-electron chi connectivity index (χ0n) is 14.1. The third-order valence-electron chi connectivity index (χ3n) is 4.07. The molecular formula is C18H15N3O3S2. The topological polar surface area (TPSA) is 74.1 Å². The average molecular weight is 385 g/mol. The highest BCUT2D eigenvalue weighted by molar-refractivity contribution is 7.86. The van der Waals surface area contributed by atoms with Gasteiger partial charge < -0.3 is 9.30 Å². The summed E-state index contributed by atoms with van der Waals surface area (Å²) in [4.78, 5) is 20.4. The Morgan fingerprint density at radius 3 is 2.85 bits per heavy atom. The van der Waals surface area contributed by atoms with Crippen LogP contribution in [0.4, 0.5) is 0 Å². The molecule has 0 fully saturated rings. The number of benzene rings is 2. The van der Waals surface area contributed by atoms with E-state index in [0.717, 1.165) is 26.8 Å². The van der Waals surface area contributed by atoms with Crippen molar-refractivity contribution in [3.8, 4) is 0 Å². The van der Waals surface area contributed by atoms with Gasteiger partial charge in [0.1, 0.15) is 0 Å². The minimum Gasteiger partial charge on any atom is -0.465 e. The summed E-state index contributed by atoms with van der Waals surface area (Å²) in [6.07, 6.45) is 3.40. The summed E-state index contributed by atoms with van der Waals surface area (Å²) in [6.45, 7) is 0.645. The predicted molar refractivity (Wildman–Crippen MR) is 102 cm³/mol. The first-order chi connectivity index (χ1) is 12.5. The van der Waals surface area contributed by atoms with Gasteiger partial charge in [-0.15, -0.1) is 11.3 Å². The maximum absolute atomic E-state index is 11.6. The van der Waals surface area contributed by atoms with Gasteiger partial charge in [0, 0.05) is 12.8 Å². The van der Waals surface area contributed by atoms with Crippen LogP contribution in [0.1, 0.15) is 15.9 Å². The first-order valence-electron chi connectivity index (χ1n) is 7.81. The molecule has 4 aromatic rings. The molecule has 8 heteroatoms. The van der Waals surface area contributed by atoms with E-state index in [-0.39, 0.29) is 5.97 Å². The van der Waals surface area contributed by atoms with Crippen LogP contribution in [0.5, 0.6) is 0 Å². The predicted octanol–water partition coefficient (Wildman–Crippen LogP) is 3.22. The van der Waals surface area contributed by atoms with Crippen molar-refractivity contribution < 1.29 is 13.7 Å². The number of thiazole rings is 1. The second-order valence-electron chi connectivity index (χ2n) is 5.80. The minimum absolute atomic E-state index is 0.374. The van der Waals surface area contributed by atoms with Crippen molar-refractivity contribution in [2.24, 2.45) is 0 Å². The van der Waals surface area contributed by atoms with E-state index in [9.17, 15) is 9.00 Å². The molecule has 6 nitrogen and oxygen atoms in total. The van der Waals surface area contributed by atoms with E-state index in [1.807, 2.05) is 22.8 Å². The summed E-state index contributed by atoms with van der Waals surface area (Å²) < 4.78 is 20.0. The molecule has 2 aromatic heterocycles. The van der Waals surface area contributed by atoms with Crippen molar-refractivity contribution in [2.75, 3.05) is 13.4 Å². The Hall–Kier alpha value is -2.58. The molecule has 1 atom stereocenters. The molecule has 0 amide bonds. The Morgan fingerprint density at radius 2 is 2.08 bits per heavy atom. The smallest absolute Gasteiger partial charge is 0.337 e. The normalized spacial score (nSPS) is 12.5. The summed E-state index contributed by atoms with van der Waals surface area (Å²) in [5.74, 6) is -0.374. The van der Waals surface area contributed by atoms with Crippen molar-refractivity contribution >= 4 is 49.4 Å². The number of nitrogens with zero attached hydrogens (tertiary/aromatic N) is 3. The second kappa shape index (κ2) is 6.62. The fourth-order valence-corrected chi connectivity index (χ4v) is 4.53. The zero-order chi connectivity index (χ0) is 18.3. The van der Waals surface area contributed by atoms with E-state index >= 15 is 0 Å². The number of carbonyl (C=O) groups excluding carboxylic acids is 1. The van der Waals surface area contributed by atoms with Gasteiger partial charge in [0.15, 0.2) is 4.34 Å². The number of carbonyl (C=O) groups is 1. The van der Waals surface area contributed by atoms with Gasteiger partial charge in [-0.1, -0.05) is 6.07 Å². The van der Waals surface area contributed by atoms with Crippen LogP contribution < -0.4 is 0 Å². The summed E-state index contributed by atoms with van der Waals surface area (Å²) in [5.41, 5.74) is 4.14. The van der Waals surface area contributed by atoms with Crippen LogP contribution in [-0.4, -0.2) is 38.1 Å². The molecule has 0 aliphatic heterocycles. The summed E-state index contributed by atoms with van der Waals surface area (Å²) in [7, 11) is 0.290. The quantitative estimate of drug-likeness (QED) is 0.504. The van der Waals surface area contributed by atoms with Crippen molar-refractivity contribution in [3.05, 3.63) is 53.9 Å². The lowest BCUT2D eigenvalue weighted by atomic mass is 10.2. The third-order valence-corrected chi connectivity index (χ3v) is 6.42. The third kappa shape index (κ3) is 3.02. The van der Waals surface area contributed by atoms with Gasteiger partial charge in [0.25, 0.3) is 0 Å². The Kier molecular flexibility index (Phi) is 4.29. The molecule has 0 saturated heterocycles. The van der Waals surface area contributed by atoms with E-state index in [0.29, 0.717) is 16.4 Å². The highest BCUT2D eigenvalue weighted by atomic mass is 32.2. The first-order valence-corrected chi connectivity index (χ1v) is 10.2. The maximum Gasteiger partial charge on any atom is 0.337 e. The molecule has 0 saturated carbocycles. The van der Waals surface area contributed by atoms with E-state index in [1.165, 1.54) is 18.4 Å². The lowest BCUT2D eigenvalue weighted by molar-refractivity contribution is 0.0601. The average Bonchev–Trinajstić information content (AvgIpc) is 3.24. The van der Waals surface area contributed by atoms with Crippen LogP contribution >= 0.6 is 11.3 Å². The molecule has 1 unspecified atom stereocenters. The number of imidazole rings is 1. The Balaban J connectivity index is 1.67. The molecule has 0 bridgehead atoms. The minimum atomic E-state index is -1.07. The summed E-state index contributed by atoms with van der Waals surface area (Å²) >= 11 is 1.46. The van der Waals surface area contributed by atoms with Gasteiger partial charge in [-0.05, 0) is 35.9 Å². The van der Waals surface area contributed by atoms with Crippen LogP contribution in [0.25, 0.3) is 21.3 Å². The molecule has 0 aliphatic carbocycles. The molecule has 0 radical (unpaired) electrons. The SMILES string of the molecule is COC(=O)c1ccc2c(c1)ncn2Cc1ccc2nc(S(C)=O)sc2c1. The molecule has 4 rings (SSSR count). The number of rotatable bonds is 4. The van der Waals surface area contributed by atoms with E-state index in [1.54, 1.807) is 24.7 Å². The van der Waals surface area contributed by atoms with Crippen LogP contribution in [0.2, 0.25) is 0 Å². The number of aromatic nitrogens is 3. The number of methoxy groups -OCH3 is 1. The fraction of sp³-hybridized carbons (Fsp3) is 0.167. The van der Waals surface area contributed by atoms with Crippen molar-refractivity contribution in [1.82, 2.24) is 14.5 Å². The second-order valence-corrected chi connectivity index (χ2v) is 8.39. The monoisotopic (exact) mass is 385 g/mol. The number of ether oxygens (including phenoxy) is 1. The van der Waals surface area contributed by atoms with Gasteiger partial charge in [-0.2, -0.15) is 0 Å². The fourth-order valence-electron chi connectivity index (χ4n) is 2.80. The molecule has 2 heterocycles.